The summed E-state index contributed by atoms with van der Waals surface area (Å²) < 4.78 is 2.09. The Morgan fingerprint density at radius 2 is 1.54 bits per heavy atom. The summed E-state index contributed by atoms with van der Waals surface area (Å²) in [7, 11) is 2.02. The van der Waals surface area contributed by atoms with Gasteiger partial charge in [0, 0.05) is 18.4 Å². The Kier molecular flexibility index (Phi) is 6.72. The van der Waals surface area contributed by atoms with E-state index in [1.807, 2.05) is 33.0 Å². The number of hydrogen-bond acceptors (Lipinski definition) is 2. The van der Waals surface area contributed by atoms with Crippen LogP contribution in [-0.4, -0.2) is 4.57 Å². The van der Waals surface area contributed by atoms with Crippen molar-refractivity contribution >= 4 is 24.8 Å². The molecule has 0 radical (unpaired) electrons. The normalized spacial score (nSPS) is 8.23. The van der Waals surface area contributed by atoms with Crippen molar-refractivity contribution in [1.82, 2.24) is 4.57 Å². The van der Waals surface area contributed by atoms with E-state index in [0.717, 1.165) is 16.7 Å². The van der Waals surface area contributed by atoms with Gasteiger partial charge >= 0.3 is 0 Å². The van der Waals surface area contributed by atoms with Crippen LogP contribution in [0.5, 0.6) is 0 Å². The lowest BCUT2D eigenvalue weighted by molar-refractivity contribution is 0.808. The van der Waals surface area contributed by atoms with Gasteiger partial charge in [0.2, 0.25) is 0 Å². The van der Waals surface area contributed by atoms with Crippen molar-refractivity contribution in [2.24, 2.45) is 18.0 Å². The van der Waals surface area contributed by atoms with Crippen LogP contribution in [0.4, 0.5) is 0 Å². The third-order valence-corrected chi connectivity index (χ3v) is 1.92. The van der Waals surface area contributed by atoms with Crippen LogP contribution in [-0.2, 0) is 7.05 Å². The maximum atomic E-state index is 5.15. The van der Waals surface area contributed by atoms with E-state index in [2.05, 4.69) is 9.67 Å². The number of nitrogens with two attached hydrogens (primary N) is 1. The number of pyridine rings is 1. The number of nitrogens with zero attached hydrogens (tertiary/aromatic N) is 2. The molecular weight excluding hydrogens is 209 g/mol. The second kappa shape index (κ2) is 5.89. The van der Waals surface area contributed by atoms with Gasteiger partial charge in [-0.2, -0.15) is 5.10 Å². The molecule has 3 nitrogen and oxygen atoms in total. The minimum absolute atomic E-state index is 0. The number of hydrogen-bond donors (Lipinski definition) is 1. The van der Waals surface area contributed by atoms with E-state index < -0.39 is 0 Å². The molecule has 0 unspecified atom stereocenters. The molecule has 0 fully saturated rings. The fraction of sp³-hybridized carbons (Fsp3) is 0.375. The van der Waals surface area contributed by atoms with E-state index in [-0.39, 0.29) is 24.8 Å². The summed E-state index contributed by atoms with van der Waals surface area (Å²) in [5.41, 5.74) is 2.32. The lowest BCUT2D eigenvalue weighted by Gasteiger charge is -2.07. The second-order valence-corrected chi connectivity index (χ2v) is 2.68. The highest BCUT2D eigenvalue weighted by Gasteiger charge is 1.93. The zero-order chi connectivity index (χ0) is 8.43. The Bertz CT molecular complexity index is 304. The molecule has 1 aromatic heterocycles. The molecule has 0 saturated heterocycles. The maximum Gasteiger partial charge on any atom is 0.0861 e. The average Bonchev–Trinajstić information content (AvgIpc) is 1.99. The first kappa shape index (κ1) is 14.8. The monoisotopic (exact) mass is 223 g/mol. The van der Waals surface area contributed by atoms with Gasteiger partial charge in [0.05, 0.1) is 5.36 Å². The predicted molar refractivity (Wildman–Crippen MR) is 59.1 cm³/mol. The van der Waals surface area contributed by atoms with Crippen molar-refractivity contribution in [3.8, 4) is 0 Å². The van der Waals surface area contributed by atoms with Crippen LogP contribution in [0.1, 0.15) is 11.4 Å². The summed E-state index contributed by atoms with van der Waals surface area (Å²) >= 11 is 0. The van der Waals surface area contributed by atoms with Gasteiger partial charge in [0.25, 0.3) is 0 Å². The summed E-state index contributed by atoms with van der Waals surface area (Å²) in [6.45, 7) is 4.06. The Balaban J connectivity index is 0. The summed E-state index contributed by atoms with van der Waals surface area (Å²) in [4.78, 5) is 0. The molecule has 5 heteroatoms. The molecule has 1 aromatic rings. The Morgan fingerprint density at radius 1 is 1.15 bits per heavy atom. The van der Waals surface area contributed by atoms with Gasteiger partial charge in [-0.05, 0) is 26.0 Å². The average molecular weight is 224 g/mol. The predicted octanol–water partition coefficient (Wildman–Crippen LogP) is 1.26. The van der Waals surface area contributed by atoms with Gasteiger partial charge in [0.15, 0.2) is 0 Å². The molecule has 13 heavy (non-hydrogen) atoms. The third kappa shape index (κ3) is 3.28. The molecule has 0 aliphatic carbocycles. The first-order valence-corrected chi connectivity index (χ1v) is 3.53. The van der Waals surface area contributed by atoms with E-state index in [1.165, 1.54) is 0 Å². The minimum Gasteiger partial charge on any atom is -0.352 e. The molecule has 0 spiro atoms. The SMILES string of the molecule is Cc1cc(=NN)cc(C)n1C.Cl.Cl. The zero-order valence-electron chi connectivity index (χ0n) is 7.94. The largest absolute Gasteiger partial charge is 0.352 e. The molecule has 0 atom stereocenters. The van der Waals surface area contributed by atoms with Crippen molar-refractivity contribution in [3.05, 3.63) is 28.9 Å². The van der Waals surface area contributed by atoms with E-state index in [4.69, 9.17) is 5.84 Å². The van der Waals surface area contributed by atoms with Crippen LogP contribution in [0.2, 0.25) is 0 Å². The molecule has 2 N–H and O–H groups in total. The summed E-state index contributed by atoms with van der Waals surface area (Å²) in [5, 5.41) is 4.45. The molecule has 0 aromatic carbocycles. The highest BCUT2D eigenvalue weighted by molar-refractivity contribution is 5.85. The van der Waals surface area contributed by atoms with Crippen LogP contribution >= 0.6 is 24.8 Å². The zero-order valence-corrected chi connectivity index (χ0v) is 9.58. The summed E-state index contributed by atoms with van der Waals surface area (Å²) in [6, 6.07) is 3.90. The molecule has 0 saturated carbocycles. The number of aromatic nitrogens is 1. The summed E-state index contributed by atoms with van der Waals surface area (Å²) in [5.74, 6) is 5.15. The highest BCUT2D eigenvalue weighted by Crippen LogP contribution is 1.96. The van der Waals surface area contributed by atoms with Crippen molar-refractivity contribution in [1.29, 1.82) is 0 Å². The van der Waals surface area contributed by atoms with Crippen molar-refractivity contribution in [3.63, 3.8) is 0 Å². The topological polar surface area (TPSA) is 43.3 Å². The van der Waals surface area contributed by atoms with Gasteiger partial charge in [-0.15, -0.1) is 24.8 Å². The lowest BCUT2D eigenvalue weighted by atomic mass is 10.3. The molecule has 1 rings (SSSR count). The standard InChI is InChI=1S/C8H13N3.2ClH/c1-6-4-8(10-9)5-7(2)11(6)3;;/h4-5H,9H2,1-3H3;2*1H. The smallest absolute Gasteiger partial charge is 0.0861 e. The third-order valence-electron chi connectivity index (χ3n) is 1.92. The van der Waals surface area contributed by atoms with E-state index in [9.17, 15) is 0 Å². The quantitative estimate of drug-likeness (QED) is 0.523. The van der Waals surface area contributed by atoms with E-state index >= 15 is 0 Å². The first-order valence-electron chi connectivity index (χ1n) is 3.53. The van der Waals surface area contributed by atoms with Crippen LogP contribution in [0, 0.1) is 13.8 Å². The number of aryl methyl sites for hydroxylation is 2. The maximum absolute atomic E-state index is 5.15. The van der Waals surface area contributed by atoms with Crippen molar-refractivity contribution in [2.45, 2.75) is 13.8 Å². The van der Waals surface area contributed by atoms with Crippen LogP contribution < -0.4 is 11.2 Å². The molecule has 0 bridgehead atoms. The van der Waals surface area contributed by atoms with Gasteiger partial charge in [-0.3, -0.25) is 0 Å². The number of halogens is 2. The van der Waals surface area contributed by atoms with Crippen molar-refractivity contribution < 1.29 is 0 Å². The fourth-order valence-corrected chi connectivity index (χ4v) is 1.02. The van der Waals surface area contributed by atoms with Gasteiger partial charge in [-0.1, -0.05) is 0 Å². The van der Waals surface area contributed by atoms with Crippen LogP contribution in [0.25, 0.3) is 0 Å². The van der Waals surface area contributed by atoms with E-state index in [0.29, 0.717) is 0 Å². The van der Waals surface area contributed by atoms with Crippen LogP contribution in [0.15, 0.2) is 17.2 Å². The molecule has 0 amide bonds. The molecule has 0 aliphatic rings. The van der Waals surface area contributed by atoms with E-state index in [1.54, 1.807) is 0 Å². The first-order chi connectivity index (χ1) is 5.15. The van der Waals surface area contributed by atoms with Crippen LogP contribution in [0.3, 0.4) is 0 Å². The van der Waals surface area contributed by atoms with Crippen molar-refractivity contribution in [2.75, 3.05) is 0 Å². The van der Waals surface area contributed by atoms with Gasteiger partial charge in [-0.25, -0.2) is 0 Å². The lowest BCUT2D eigenvalue weighted by Crippen LogP contribution is -2.12. The highest BCUT2D eigenvalue weighted by atomic mass is 35.5. The Labute approximate surface area is 90.5 Å². The second-order valence-electron chi connectivity index (χ2n) is 2.68. The Hall–Kier alpha value is -0.670. The summed E-state index contributed by atoms with van der Waals surface area (Å²) in [6.07, 6.45) is 0. The van der Waals surface area contributed by atoms with Gasteiger partial charge in [0.1, 0.15) is 0 Å². The molecule has 76 valence electrons. The fourth-order valence-electron chi connectivity index (χ4n) is 1.02. The molecule has 1 heterocycles. The molecule has 0 aliphatic heterocycles. The number of rotatable bonds is 0. The van der Waals surface area contributed by atoms with Gasteiger partial charge < -0.3 is 10.4 Å². The Morgan fingerprint density at radius 3 is 1.85 bits per heavy atom. The molecular formula is C8H15Cl2N3. The minimum atomic E-state index is 0.